The number of hydrogen-bond acceptors (Lipinski definition) is 6. The number of fused-ring (bicyclic) bond motifs is 1. The van der Waals surface area contributed by atoms with E-state index in [4.69, 9.17) is 21.7 Å². The molecule has 1 aliphatic rings. The molecule has 0 bridgehead atoms. The Balaban J connectivity index is 0.000000280. The third-order valence-corrected chi connectivity index (χ3v) is 6.34. The standard InChI is InChI=1S/C15H21N3OS.C5H5NS.CH2O/c1-4-11-8-17-15(20-11)13-6-9-5-10(19-3)7-12(16-2)14(9)18-13;7-5-3-1-2-4-6-5;1-2/h5-7,11,15-18H,4,8H2,1-3H3;1-4H,(H,6,7);1H2. The highest BCUT2D eigenvalue weighted by molar-refractivity contribution is 8.00. The van der Waals surface area contributed by atoms with Crippen molar-refractivity contribution in [3.63, 3.8) is 0 Å². The van der Waals surface area contributed by atoms with Gasteiger partial charge in [-0.2, -0.15) is 0 Å². The average Bonchev–Trinajstić information content (AvgIpc) is 3.42. The van der Waals surface area contributed by atoms with Crippen molar-refractivity contribution in [2.75, 3.05) is 26.0 Å². The first-order valence-corrected chi connectivity index (χ1v) is 10.7. The van der Waals surface area contributed by atoms with Gasteiger partial charge < -0.3 is 24.8 Å². The highest BCUT2D eigenvalue weighted by Crippen LogP contribution is 2.38. The SMILES string of the molecule is C=O.CCC1CNC(c2cc3cc(OC)cc(NC)c3[nH]2)S1.S=c1cccc[nH]1. The summed E-state index contributed by atoms with van der Waals surface area (Å²) in [5.74, 6) is 0.880. The first kappa shape index (κ1) is 23.0. The molecule has 156 valence electrons. The minimum Gasteiger partial charge on any atom is -0.497 e. The summed E-state index contributed by atoms with van der Waals surface area (Å²) in [5.41, 5.74) is 3.46. The number of H-pyrrole nitrogens is 2. The summed E-state index contributed by atoms with van der Waals surface area (Å²) in [4.78, 5) is 14.4. The van der Waals surface area contributed by atoms with E-state index in [9.17, 15) is 0 Å². The van der Waals surface area contributed by atoms with Gasteiger partial charge in [0.2, 0.25) is 0 Å². The second-order valence-corrected chi connectivity index (χ2v) is 8.15. The number of methoxy groups -OCH3 is 1. The Morgan fingerprint density at radius 2 is 2.10 bits per heavy atom. The number of benzene rings is 1. The lowest BCUT2D eigenvalue weighted by molar-refractivity contribution is -0.0979. The molecular formula is C21H28N4O2S2. The fourth-order valence-corrected chi connectivity index (χ4v) is 4.40. The van der Waals surface area contributed by atoms with Crippen LogP contribution in [0.3, 0.4) is 0 Å². The van der Waals surface area contributed by atoms with Gasteiger partial charge in [0.25, 0.3) is 0 Å². The van der Waals surface area contributed by atoms with Gasteiger partial charge in [0, 0.05) is 42.2 Å². The van der Waals surface area contributed by atoms with Crippen LogP contribution in [0.25, 0.3) is 10.9 Å². The molecule has 1 aromatic carbocycles. The molecule has 2 aromatic heterocycles. The second-order valence-electron chi connectivity index (χ2n) is 6.30. The smallest absolute Gasteiger partial charge is 0.121 e. The molecule has 4 rings (SSSR count). The van der Waals surface area contributed by atoms with Gasteiger partial charge in [-0.05, 0) is 30.7 Å². The van der Waals surface area contributed by atoms with Crippen molar-refractivity contribution in [3.8, 4) is 5.75 Å². The molecule has 29 heavy (non-hydrogen) atoms. The van der Waals surface area contributed by atoms with Crippen molar-refractivity contribution in [2.24, 2.45) is 0 Å². The first-order valence-electron chi connectivity index (χ1n) is 9.34. The van der Waals surface area contributed by atoms with Crippen LogP contribution in [0.2, 0.25) is 0 Å². The van der Waals surface area contributed by atoms with Gasteiger partial charge in [0.05, 0.1) is 23.7 Å². The number of aromatic nitrogens is 2. The molecular weight excluding hydrogens is 404 g/mol. The number of hydrogen-bond donors (Lipinski definition) is 4. The number of carbonyl (C=O) groups excluding carboxylic acids is 1. The van der Waals surface area contributed by atoms with Gasteiger partial charge in [0.1, 0.15) is 17.2 Å². The summed E-state index contributed by atoms with van der Waals surface area (Å²) < 4.78 is 6.14. The Kier molecular flexibility index (Phi) is 9.24. The van der Waals surface area contributed by atoms with E-state index < -0.39 is 0 Å². The molecule has 1 aliphatic heterocycles. The van der Waals surface area contributed by atoms with Crippen molar-refractivity contribution < 1.29 is 9.53 Å². The maximum Gasteiger partial charge on any atom is 0.121 e. The summed E-state index contributed by atoms with van der Waals surface area (Å²) >= 11 is 6.76. The number of pyridine rings is 1. The van der Waals surface area contributed by atoms with E-state index in [1.165, 1.54) is 17.5 Å². The summed E-state index contributed by atoms with van der Waals surface area (Å²) in [7, 11) is 3.64. The molecule has 2 atom stereocenters. The maximum atomic E-state index is 8.00. The van der Waals surface area contributed by atoms with Gasteiger partial charge in [-0.3, -0.25) is 5.32 Å². The van der Waals surface area contributed by atoms with E-state index in [-0.39, 0.29) is 0 Å². The molecule has 0 saturated carbocycles. The molecule has 2 unspecified atom stereocenters. The Hall–Kier alpha value is -2.29. The van der Waals surface area contributed by atoms with Crippen molar-refractivity contribution in [1.29, 1.82) is 0 Å². The molecule has 8 heteroatoms. The van der Waals surface area contributed by atoms with Crippen molar-refractivity contribution >= 4 is 47.4 Å². The van der Waals surface area contributed by atoms with E-state index >= 15 is 0 Å². The Morgan fingerprint density at radius 1 is 1.31 bits per heavy atom. The molecule has 3 aromatic rings. The lowest BCUT2D eigenvalue weighted by atomic mass is 10.2. The molecule has 0 radical (unpaired) electrons. The maximum absolute atomic E-state index is 8.00. The fourth-order valence-electron chi connectivity index (χ4n) is 3.02. The van der Waals surface area contributed by atoms with Crippen molar-refractivity contribution in [3.05, 3.63) is 52.9 Å². The van der Waals surface area contributed by atoms with Crippen LogP contribution in [0.1, 0.15) is 24.4 Å². The molecule has 0 aliphatic carbocycles. The number of rotatable bonds is 4. The molecule has 1 fully saturated rings. The summed E-state index contributed by atoms with van der Waals surface area (Å²) in [6.07, 6.45) is 3.02. The highest BCUT2D eigenvalue weighted by atomic mass is 32.2. The minimum absolute atomic E-state index is 0.364. The van der Waals surface area contributed by atoms with Gasteiger partial charge in [-0.15, -0.1) is 11.8 Å². The van der Waals surface area contributed by atoms with Crippen molar-refractivity contribution in [1.82, 2.24) is 15.3 Å². The second kappa shape index (κ2) is 11.6. The van der Waals surface area contributed by atoms with Crippen LogP contribution in [-0.2, 0) is 4.79 Å². The molecule has 4 N–H and O–H groups in total. The van der Waals surface area contributed by atoms with Crippen LogP contribution in [0.5, 0.6) is 5.75 Å². The molecule has 0 amide bonds. The van der Waals surface area contributed by atoms with E-state index in [0.29, 0.717) is 10.6 Å². The molecule has 3 heterocycles. The number of anilines is 1. The Morgan fingerprint density at radius 3 is 2.62 bits per heavy atom. The highest BCUT2D eigenvalue weighted by Gasteiger charge is 2.26. The molecule has 0 spiro atoms. The van der Waals surface area contributed by atoms with Gasteiger partial charge >= 0.3 is 0 Å². The first-order chi connectivity index (χ1) is 14.1. The topological polar surface area (TPSA) is 81.9 Å². The average molecular weight is 433 g/mol. The summed E-state index contributed by atoms with van der Waals surface area (Å²) in [5, 5.41) is 9.07. The van der Waals surface area contributed by atoms with Crippen LogP contribution in [-0.4, -0.2) is 42.7 Å². The third-order valence-electron chi connectivity index (χ3n) is 4.51. The number of aromatic amines is 2. The molecule has 1 saturated heterocycles. The van der Waals surface area contributed by atoms with Gasteiger partial charge in [0.15, 0.2) is 0 Å². The monoisotopic (exact) mass is 432 g/mol. The van der Waals surface area contributed by atoms with Crippen LogP contribution < -0.4 is 15.4 Å². The largest absolute Gasteiger partial charge is 0.497 e. The predicted octanol–water partition coefficient (Wildman–Crippen LogP) is 4.89. The number of ether oxygens (including phenoxy) is 1. The van der Waals surface area contributed by atoms with E-state index in [0.717, 1.165) is 28.1 Å². The van der Waals surface area contributed by atoms with E-state index in [1.54, 1.807) is 7.11 Å². The van der Waals surface area contributed by atoms with Crippen LogP contribution >= 0.6 is 24.0 Å². The van der Waals surface area contributed by atoms with Crippen molar-refractivity contribution in [2.45, 2.75) is 24.0 Å². The zero-order chi connectivity index (χ0) is 21.2. The summed E-state index contributed by atoms with van der Waals surface area (Å²) in [6.45, 7) is 5.33. The van der Waals surface area contributed by atoms with Crippen LogP contribution in [0.15, 0.2) is 42.6 Å². The zero-order valence-corrected chi connectivity index (χ0v) is 18.6. The quantitative estimate of drug-likeness (QED) is 0.440. The number of nitrogens with one attached hydrogen (secondary N) is 4. The van der Waals surface area contributed by atoms with Gasteiger partial charge in [-0.25, -0.2) is 0 Å². The lowest BCUT2D eigenvalue weighted by Crippen LogP contribution is -2.14. The normalized spacial score (nSPS) is 17.6. The Labute approximate surface area is 180 Å². The predicted molar refractivity (Wildman–Crippen MR) is 126 cm³/mol. The van der Waals surface area contributed by atoms with Crippen LogP contribution in [0, 0.1) is 4.64 Å². The van der Waals surface area contributed by atoms with Gasteiger partial charge in [-0.1, -0.05) is 25.2 Å². The number of thioether (sulfide) groups is 1. The Bertz CT molecular complexity index is 940. The minimum atomic E-state index is 0.364. The fraction of sp³-hybridized carbons (Fsp3) is 0.333. The third kappa shape index (κ3) is 6.09. The van der Waals surface area contributed by atoms with E-state index in [1.807, 2.05) is 56.1 Å². The molecule has 6 nitrogen and oxygen atoms in total. The van der Waals surface area contributed by atoms with E-state index in [2.05, 4.69) is 39.7 Å². The van der Waals surface area contributed by atoms with Crippen LogP contribution in [0.4, 0.5) is 5.69 Å². The number of carbonyl (C=O) groups is 1. The zero-order valence-electron chi connectivity index (χ0n) is 17.0. The lowest BCUT2D eigenvalue weighted by Gasteiger charge is -2.08. The summed E-state index contributed by atoms with van der Waals surface area (Å²) in [6, 6.07) is 12.0.